The molecule has 0 N–H and O–H groups in total. The van der Waals surface area contributed by atoms with Crippen LogP contribution in [0, 0.1) is 0 Å². The fourth-order valence-corrected chi connectivity index (χ4v) is 4.12. The molecule has 4 rings (SSSR count). The summed E-state index contributed by atoms with van der Waals surface area (Å²) >= 11 is 0. The van der Waals surface area contributed by atoms with Gasteiger partial charge in [-0.2, -0.15) is 0 Å². The largest absolute Gasteiger partial charge is 0.347 e. The lowest BCUT2D eigenvalue weighted by atomic mass is 9.84. The molecule has 0 spiro atoms. The average molecular weight is 354 g/mol. The van der Waals surface area contributed by atoms with Gasteiger partial charge < -0.3 is 4.90 Å². The van der Waals surface area contributed by atoms with Crippen LogP contribution in [0.4, 0.5) is 5.69 Å². The Bertz CT molecular complexity index is 1060. The summed E-state index contributed by atoms with van der Waals surface area (Å²) in [6.07, 6.45) is 7.59. The predicted octanol–water partition coefficient (Wildman–Crippen LogP) is 6.12. The summed E-state index contributed by atoms with van der Waals surface area (Å²) in [6.45, 7) is 6.75. The van der Waals surface area contributed by atoms with Gasteiger partial charge in [-0.1, -0.05) is 69.3 Å². The number of nitrogens with zero attached hydrogens (tertiary/aromatic N) is 2. The first-order valence-corrected chi connectivity index (χ1v) is 9.63. The maximum absolute atomic E-state index is 4.74. The van der Waals surface area contributed by atoms with E-state index in [9.17, 15) is 0 Å². The summed E-state index contributed by atoms with van der Waals surface area (Å²) in [7, 11) is 2.16. The first kappa shape index (κ1) is 17.5. The van der Waals surface area contributed by atoms with E-state index in [2.05, 4.69) is 106 Å². The van der Waals surface area contributed by atoms with E-state index in [-0.39, 0.29) is 5.41 Å². The van der Waals surface area contributed by atoms with Crippen molar-refractivity contribution < 1.29 is 0 Å². The van der Waals surface area contributed by atoms with Gasteiger partial charge in [-0.15, -0.1) is 0 Å². The van der Waals surface area contributed by atoms with Crippen molar-refractivity contribution >= 4 is 22.7 Å². The van der Waals surface area contributed by atoms with Crippen LogP contribution in [0.25, 0.3) is 17.0 Å². The van der Waals surface area contributed by atoms with Crippen molar-refractivity contribution in [2.75, 3.05) is 11.9 Å². The molecular weight excluding hydrogens is 328 g/mol. The number of benzene rings is 2. The normalized spacial score (nSPS) is 17.2. The van der Waals surface area contributed by atoms with Gasteiger partial charge in [0.05, 0.1) is 5.52 Å². The summed E-state index contributed by atoms with van der Waals surface area (Å²) in [6, 6.07) is 19.3. The van der Waals surface area contributed by atoms with Crippen LogP contribution in [-0.4, -0.2) is 12.0 Å². The maximum Gasteiger partial charge on any atom is 0.0711 e. The third-order valence-corrected chi connectivity index (χ3v) is 5.63. The molecule has 2 nitrogen and oxygen atoms in total. The van der Waals surface area contributed by atoms with Crippen LogP contribution < -0.4 is 4.90 Å². The topological polar surface area (TPSA) is 16.1 Å². The van der Waals surface area contributed by atoms with Gasteiger partial charge in [0.2, 0.25) is 0 Å². The molecule has 2 heterocycles. The number of aryl methyl sites for hydroxylation is 1. The van der Waals surface area contributed by atoms with Crippen molar-refractivity contribution in [3.8, 4) is 0 Å². The minimum absolute atomic E-state index is 0.00454. The van der Waals surface area contributed by atoms with Gasteiger partial charge >= 0.3 is 0 Å². The van der Waals surface area contributed by atoms with Gasteiger partial charge in [-0.25, -0.2) is 0 Å². The Labute approximate surface area is 161 Å². The van der Waals surface area contributed by atoms with Crippen molar-refractivity contribution in [1.29, 1.82) is 0 Å². The first-order chi connectivity index (χ1) is 13.0. The van der Waals surface area contributed by atoms with Crippen LogP contribution in [0.1, 0.15) is 37.6 Å². The number of rotatable bonds is 3. The number of para-hydroxylation sites is 2. The molecule has 1 aromatic heterocycles. The third kappa shape index (κ3) is 2.95. The summed E-state index contributed by atoms with van der Waals surface area (Å²) in [4.78, 5) is 7.05. The number of likely N-dealkylation sites (N-methyl/N-ethyl adjacent to an activating group) is 1. The average Bonchev–Trinajstić information content (AvgIpc) is 2.88. The van der Waals surface area contributed by atoms with Crippen molar-refractivity contribution in [2.24, 2.45) is 0 Å². The van der Waals surface area contributed by atoms with Crippen molar-refractivity contribution in [1.82, 2.24) is 4.98 Å². The summed E-state index contributed by atoms with van der Waals surface area (Å²) in [5.41, 5.74) is 7.42. The molecule has 0 aliphatic carbocycles. The van der Waals surface area contributed by atoms with Crippen molar-refractivity contribution in [3.63, 3.8) is 0 Å². The van der Waals surface area contributed by atoms with Crippen LogP contribution in [0.3, 0.4) is 0 Å². The summed E-state index contributed by atoms with van der Waals surface area (Å²) in [5.74, 6) is 0. The monoisotopic (exact) mass is 354 g/mol. The predicted molar refractivity (Wildman–Crippen MR) is 116 cm³/mol. The lowest BCUT2D eigenvalue weighted by molar-refractivity contribution is 0.640. The zero-order valence-electron chi connectivity index (χ0n) is 16.5. The molecule has 0 saturated heterocycles. The zero-order chi connectivity index (χ0) is 19.0. The SMILES string of the molecule is CCc1cc(C=CC=C2N(C)c3ccccc3C2(C)C)c2ccccc2n1. The molecule has 27 heavy (non-hydrogen) atoms. The van der Waals surface area contributed by atoms with Crippen LogP contribution in [-0.2, 0) is 11.8 Å². The minimum Gasteiger partial charge on any atom is -0.347 e. The highest BCUT2D eigenvalue weighted by Gasteiger charge is 2.37. The molecule has 2 heteroatoms. The van der Waals surface area contributed by atoms with Crippen LogP contribution in [0.5, 0.6) is 0 Å². The van der Waals surface area contributed by atoms with E-state index in [0.717, 1.165) is 17.6 Å². The molecule has 0 radical (unpaired) electrons. The van der Waals surface area contributed by atoms with E-state index in [4.69, 9.17) is 4.98 Å². The van der Waals surface area contributed by atoms with E-state index < -0.39 is 0 Å². The molecule has 1 aliphatic heterocycles. The zero-order valence-corrected chi connectivity index (χ0v) is 16.5. The number of allylic oxidation sites excluding steroid dienone is 3. The van der Waals surface area contributed by atoms with Crippen molar-refractivity contribution in [3.05, 3.63) is 89.3 Å². The Balaban J connectivity index is 1.74. The molecule has 0 atom stereocenters. The smallest absolute Gasteiger partial charge is 0.0711 e. The van der Waals surface area contributed by atoms with Crippen molar-refractivity contribution in [2.45, 2.75) is 32.6 Å². The molecule has 0 saturated carbocycles. The number of hydrogen-bond donors (Lipinski definition) is 0. The minimum atomic E-state index is 0.00454. The number of pyridine rings is 1. The van der Waals surface area contributed by atoms with Gasteiger partial charge in [0, 0.05) is 34.9 Å². The molecule has 136 valence electrons. The fourth-order valence-electron chi connectivity index (χ4n) is 4.12. The van der Waals surface area contributed by atoms with Crippen LogP contribution in [0.2, 0.25) is 0 Å². The van der Waals surface area contributed by atoms with E-state index in [0.29, 0.717) is 0 Å². The highest BCUT2D eigenvalue weighted by Crippen LogP contribution is 2.46. The standard InChI is InChI=1S/C25H26N2/c1-5-19-17-18(20-12-6-8-14-22(20)26-19)11-10-16-24-25(2,3)21-13-7-9-15-23(21)27(24)4/h6-17H,5H2,1-4H3. The van der Waals surface area contributed by atoms with E-state index in [1.165, 1.54) is 27.9 Å². The molecule has 0 amide bonds. The highest BCUT2D eigenvalue weighted by molar-refractivity contribution is 5.88. The number of aromatic nitrogens is 1. The molecule has 1 aliphatic rings. The second kappa shape index (κ2) is 6.70. The van der Waals surface area contributed by atoms with E-state index in [1.807, 2.05) is 0 Å². The first-order valence-electron chi connectivity index (χ1n) is 9.63. The van der Waals surface area contributed by atoms with Gasteiger partial charge in [0.1, 0.15) is 0 Å². The second-order valence-corrected chi connectivity index (χ2v) is 7.69. The van der Waals surface area contributed by atoms with Crippen LogP contribution in [0.15, 0.2) is 72.4 Å². The lowest BCUT2D eigenvalue weighted by Gasteiger charge is -2.23. The molecule has 2 aromatic carbocycles. The fraction of sp³-hybridized carbons (Fsp3) is 0.240. The van der Waals surface area contributed by atoms with E-state index in [1.54, 1.807) is 0 Å². The maximum atomic E-state index is 4.74. The number of fused-ring (bicyclic) bond motifs is 2. The molecule has 0 unspecified atom stereocenters. The molecule has 0 bridgehead atoms. The summed E-state index contributed by atoms with van der Waals surface area (Å²) in [5, 5.41) is 1.20. The Morgan fingerprint density at radius 3 is 2.56 bits per heavy atom. The Morgan fingerprint density at radius 2 is 1.78 bits per heavy atom. The van der Waals surface area contributed by atoms with Gasteiger partial charge in [-0.05, 0) is 41.8 Å². The molecule has 0 fully saturated rings. The van der Waals surface area contributed by atoms with Gasteiger partial charge in [0.25, 0.3) is 0 Å². The Kier molecular flexibility index (Phi) is 4.35. The number of hydrogen-bond acceptors (Lipinski definition) is 2. The van der Waals surface area contributed by atoms with E-state index >= 15 is 0 Å². The lowest BCUT2D eigenvalue weighted by Crippen LogP contribution is -2.22. The van der Waals surface area contributed by atoms with Gasteiger partial charge in [-0.3, -0.25) is 4.98 Å². The Hall–Kier alpha value is -2.87. The number of anilines is 1. The third-order valence-electron chi connectivity index (χ3n) is 5.63. The molecular formula is C25H26N2. The Morgan fingerprint density at radius 1 is 1.04 bits per heavy atom. The second-order valence-electron chi connectivity index (χ2n) is 7.69. The van der Waals surface area contributed by atoms with Gasteiger partial charge in [0.15, 0.2) is 0 Å². The summed E-state index contributed by atoms with van der Waals surface area (Å²) < 4.78 is 0. The quantitative estimate of drug-likeness (QED) is 0.563. The molecule has 3 aromatic rings. The highest BCUT2D eigenvalue weighted by atomic mass is 15.2. The van der Waals surface area contributed by atoms with Crippen LogP contribution >= 0.6 is 0 Å².